The number of carbonyl (C=O) groups is 1. The number of esters is 1. The highest BCUT2D eigenvalue weighted by atomic mass is 16.5. The van der Waals surface area contributed by atoms with Crippen molar-refractivity contribution in [2.24, 2.45) is 0 Å². The molecule has 0 unspecified atom stereocenters. The zero-order valence-corrected chi connectivity index (χ0v) is 11.9. The highest BCUT2D eigenvalue weighted by molar-refractivity contribution is 5.93. The summed E-state index contributed by atoms with van der Waals surface area (Å²) in [6.45, 7) is 2.79. The molecular formula is C16H17N3O2. The smallest absolute Gasteiger partial charge is 0.305 e. The molecule has 0 aliphatic carbocycles. The van der Waals surface area contributed by atoms with Crippen LogP contribution >= 0.6 is 0 Å². The number of rotatable bonds is 6. The first kappa shape index (κ1) is 14.8. The Labute approximate surface area is 123 Å². The molecule has 1 N–H and O–H groups in total. The molecule has 0 amide bonds. The van der Waals surface area contributed by atoms with Crippen molar-refractivity contribution in [1.29, 1.82) is 5.26 Å². The number of ether oxygens (including phenoxy) is 1. The number of pyridine rings is 1. The number of hydrogen-bond donors (Lipinski definition) is 1. The minimum absolute atomic E-state index is 0.195. The van der Waals surface area contributed by atoms with Crippen LogP contribution in [0.15, 0.2) is 30.5 Å². The van der Waals surface area contributed by atoms with Crippen LogP contribution in [-0.2, 0) is 9.53 Å². The van der Waals surface area contributed by atoms with Crippen LogP contribution in [0.3, 0.4) is 0 Å². The van der Waals surface area contributed by atoms with Crippen LogP contribution in [0.1, 0.15) is 25.3 Å². The van der Waals surface area contributed by atoms with E-state index in [4.69, 9.17) is 4.74 Å². The summed E-state index contributed by atoms with van der Waals surface area (Å²) >= 11 is 0. The molecule has 5 heteroatoms. The second-order valence-corrected chi connectivity index (χ2v) is 4.51. The third-order valence-electron chi connectivity index (χ3n) is 3.06. The van der Waals surface area contributed by atoms with Gasteiger partial charge in [-0.15, -0.1) is 0 Å². The molecule has 0 saturated carbocycles. The van der Waals surface area contributed by atoms with Gasteiger partial charge in [-0.25, -0.2) is 0 Å². The molecule has 5 nitrogen and oxygen atoms in total. The Balaban J connectivity index is 2.07. The van der Waals surface area contributed by atoms with Gasteiger partial charge in [-0.3, -0.25) is 9.78 Å². The summed E-state index contributed by atoms with van der Waals surface area (Å²) in [4.78, 5) is 15.5. The van der Waals surface area contributed by atoms with E-state index in [0.29, 0.717) is 31.6 Å². The maximum atomic E-state index is 11.3. The van der Waals surface area contributed by atoms with Gasteiger partial charge in [0.25, 0.3) is 0 Å². The minimum Gasteiger partial charge on any atom is -0.466 e. The summed E-state index contributed by atoms with van der Waals surface area (Å²) in [6, 6.07) is 9.79. The lowest BCUT2D eigenvalue weighted by Crippen LogP contribution is -2.09. The number of nitrogens with zero attached hydrogens (tertiary/aromatic N) is 2. The molecule has 2 rings (SSSR count). The summed E-state index contributed by atoms with van der Waals surface area (Å²) < 4.78 is 4.88. The molecule has 0 saturated heterocycles. The molecule has 21 heavy (non-hydrogen) atoms. The molecule has 0 bridgehead atoms. The summed E-state index contributed by atoms with van der Waals surface area (Å²) in [7, 11) is 0. The molecule has 1 aromatic heterocycles. The second-order valence-electron chi connectivity index (χ2n) is 4.51. The number of benzene rings is 1. The summed E-state index contributed by atoms with van der Waals surface area (Å²) in [5.74, 6) is -0.195. The Kier molecular flexibility index (Phi) is 5.10. The van der Waals surface area contributed by atoms with E-state index in [1.807, 2.05) is 24.3 Å². The third-order valence-corrected chi connectivity index (χ3v) is 3.06. The number of nitrogens with one attached hydrogen (secondary N) is 1. The van der Waals surface area contributed by atoms with Crippen molar-refractivity contribution >= 4 is 22.6 Å². The number of fused-ring (bicyclic) bond motifs is 1. The lowest BCUT2D eigenvalue weighted by molar-refractivity contribution is -0.143. The highest BCUT2D eigenvalue weighted by Gasteiger charge is 2.08. The van der Waals surface area contributed by atoms with E-state index in [1.54, 1.807) is 13.1 Å². The van der Waals surface area contributed by atoms with Gasteiger partial charge in [0.15, 0.2) is 0 Å². The highest BCUT2D eigenvalue weighted by Crippen LogP contribution is 2.25. The van der Waals surface area contributed by atoms with Crippen molar-refractivity contribution in [3.05, 3.63) is 36.0 Å². The van der Waals surface area contributed by atoms with Crippen molar-refractivity contribution in [3.8, 4) is 6.07 Å². The van der Waals surface area contributed by atoms with Crippen LogP contribution in [0.25, 0.3) is 10.9 Å². The van der Waals surface area contributed by atoms with Crippen LogP contribution in [0.2, 0.25) is 0 Å². The van der Waals surface area contributed by atoms with Crippen molar-refractivity contribution in [2.75, 3.05) is 18.5 Å². The Morgan fingerprint density at radius 2 is 2.24 bits per heavy atom. The molecule has 0 aliphatic heterocycles. The van der Waals surface area contributed by atoms with E-state index in [9.17, 15) is 10.1 Å². The van der Waals surface area contributed by atoms with Crippen molar-refractivity contribution in [1.82, 2.24) is 4.98 Å². The van der Waals surface area contributed by atoms with Crippen LogP contribution in [-0.4, -0.2) is 24.1 Å². The summed E-state index contributed by atoms with van der Waals surface area (Å²) in [6.07, 6.45) is 2.59. The maximum Gasteiger partial charge on any atom is 0.305 e. The fourth-order valence-electron chi connectivity index (χ4n) is 2.10. The molecule has 0 radical (unpaired) electrons. The van der Waals surface area contributed by atoms with E-state index in [1.165, 1.54) is 0 Å². The molecule has 0 aliphatic rings. The Bertz CT molecular complexity index is 677. The van der Waals surface area contributed by atoms with Crippen LogP contribution in [0.4, 0.5) is 5.69 Å². The first-order chi connectivity index (χ1) is 10.3. The van der Waals surface area contributed by atoms with Gasteiger partial charge < -0.3 is 10.1 Å². The number of anilines is 1. The molecular weight excluding hydrogens is 266 g/mol. The summed E-state index contributed by atoms with van der Waals surface area (Å²) in [5.41, 5.74) is 2.11. The van der Waals surface area contributed by atoms with Gasteiger partial charge in [0.05, 0.1) is 23.4 Å². The molecule has 2 aromatic rings. The number of nitriles is 1. The average Bonchev–Trinajstić information content (AvgIpc) is 2.51. The van der Waals surface area contributed by atoms with Gasteiger partial charge >= 0.3 is 5.97 Å². The number of hydrogen-bond acceptors (Lipinski definition) is 5. The lowest BCUT2D eigenvalue weighted by atomic mass is 10.1. The largest absolute Gasteiger partial charge is 0.466 e. The topological polar surface area (TPSA) is 75.0 Å². The van der Waals surface area contributed by atoms with Crippen LogP contribution in [0, 0.1) is 11.3 Å². The second kappa shape index (κ2) is 7.25. The zero-order chi connectivity index (χ0) is 15.1. The van der Waals surface area contributed by atoms with Crippen molar-refractivity contribution in [3.63, 3.8) is 0 Å². The quantitative estimate of drug-likeness (QED) is 0.651. The predicted molar refractivity (Wildman–Crippen MR) is 80.8 cm³/mol. The lowest BCUT2D eigenvalue weighted by Gasteiger charge is -2.11. The fraction of sp³-hybridized carbons (Fsp3) is 0.312. The van der Waals surface area contributed by atoms with Gasteiger partial charge in [0, 0.05) is 24.5 Å². The first-order valence-electron chi connectivity index (χ1n) is 6.93. The summed E-state index contributed by atoms with van der Waals surface area (Å²) in [5, 5.41) is 13.3. The molecule has 0 atom stereocenters. The third kappa shape index (κ3) is 3.69. The van der Waals surface area contributed by atoms with E-state index in [0.717, 1.165) is 16.6 Å². The molecule has 1 aromatic carbocycles. The van der Waals surface area contributed by atoms with E-state index < -0.39 is 0 Å². The number of para-hydroxylation sites is 1. The standard InChI is InChI=1S/C16H17N3O2/c1-2-21-15(20)8-5-9-18-16-12(10-17)11-19-14-7-4-3-6-13(14)16/h3-4,6-7,11H,2,5,8-9H2,1H3,(H,18,19). The maximum absolute atomic E-state index is 11.3. The molecule has 1 heterocycles. The first-order valence-corrected chi connectivity index (χ1v) is 6.93. The van der Waals surface area contributed by atoms with Gasteiger partial charge in [-0.2, -0.15) is 5.26 Å². The Morgan fingerprint density at radius 1 is 1.43 bits per heavy atom. The normalized spacial score (nSPS) is 10.1. The molecule has 0 spiro atoms. The minimum atomic E-state index is -0.195. The average molecular weight is 283 g/mol. The van der Waals surface area contributed by atoms with Gasteiger partial charge in [-0.05, 0) is 19.4 Å². The molecule has 108 valence electrons. The van der Waals surface area contributed by atoms with Crippen LogP contribution in [0.5, 0.6) is 0 Å². The van der Waals surface area contributed by atoms with Gasteiger partial charge in [0.2, 0.25) is 0 Å². The number of carbonyl (C=O) groups excluding carboxylic acids is 1. The SMILES string of the molecule is CCOC(=O)CCCNc1c(C#N)cnc2ccccc12. The fourth-order valence-corrected chi connectivity index (χ4v) is 2.10. The van der Waals surface area contributed by atoms with Crippen molar-refractivity contribution in [2.45, 2.75) is 19.8 Å². The predicted octanol–water partition coefficient (Wildman–Crippen LogP) is 2.86. The Morgan fingerprint density at radius 3 is 3.00 bits per heavy atom. The van der Waals surface area contributed by atoms with Gasteiger partial charge in [0.1, 0.15) is 6.07 Å². The van der Waals surface area contributed by atoms with Crippen LogP contribution < -0.4 is 5.32 Å². The van der Waals surface area contributed by atoms with E-state index in [2.05, 4.69) is 16.4 Å². The Hall–Kier alpha value is -2.61. The van der Waals surface area contributed by atoms with E-state index >= 15 is 0 Å². The zero-order valence-electron chi connectivity index (χ0n) is 11.9. The van der Waals surface area contributed by atoms with Crippen molar-refractivity contribution < 1.29 is 9.53 Å². The monoisotopic (exact) mass is 283 g/mol. The molecule has 0 fully saturated rings. The van der Waals surface area contributed by atoms with E-state index in [-0.39, 0.29) is 5.97 Å². The number of aromatic nitrogens is 1. The van der Waals surface area contributed by atoms with Gasteiger partial charge in [-0.1, -0.05) is 18.2 Å².